The van der Waals surface area contributed by atoms with Gasteiger partial charge in [0.25, 0.3) is 5.91 Å². The van der Waals surface area contributed by atoms with Crippen molar-refractivity contribution >= 4 is 33.6 Å². The first-order chi connectivity index (χ1) is 13.9. The molecule has 2 N–H and O–H groups in total. The Hall–Kier alpha value is -3.07. The van der Waals surface area contributed by atoms with Gasteiger partial charge in [0.05, 0.1) is 18.3 Å². The van der Waals surface area contributed by atoms with Crippen LogP contribution in [0.2, 0.25) is 0 Å². The molecular weight excluding hydrogens is 446 g/mol. The first-order valence-electron chi connectivity index (χ1n) is 8.72. The number of carbonyl (C=O) groups is 2. The summed E-state index contributed by atoms with van der Waals surface area (Å²) in [6, 6.07) is 12.1. The van der Waals surface area contributed by atoms with Crippen molar-refractivity contribution in [1.82, 2.24) is 15.1 Å². The van der Waals surface area contributed by atoms with E-state index in [2.05, 4.69) is 31.7 Å². The van der Waals surface area contributed by atoms with Crippen LogP contribution >= 0.6 is 15.9 Å². The highest BCUT2D eigenvalue weighted by Crippen LogP contribution is 2.14. The maximum atomic E-state index is 13.6. The molecule has 3 rings (SSSR count). The van der Waals surface area contributed by atoms with Crippen LogP contribution in [0.25, 0.3) is 0 Å². The van der Waals surface area contributed by atoms with Crippen molar-refractivity contribution in [2.75, 3.05) is 11.9 Å². The molecular formula is C20H17BrF2N4O2. The van der Waals surface area contributed by atoms with Crippen LogP contribution in [0.1, 0.15) is 22.3 Å². The van der Waals surface area contributed by atoms with E-state index in [9.17, 15) is 18.4 Å². The largest absolute Gasteiger partial charge is 0.351 e. The van der Waals surface area contributed by atoms with Crippen LogP contribution in [-0.2, 0) is 11.3 Å². The Kier molecular flexibility index (Phi) is 6.71. The van der Waals surface area contributed by atoms with Crippen LogP contribution < -0.4 is 10.6 Å². The Labute approximate surface area is 174 Å². The second kappa shape index (κ2) is 9.42. The van der Waals surface area contributed by atoms with Crippen LogP contribution in [0, 0.1) is 11.6 Å². The molecule has 2 amide bonds. The number of anilines is 1. The van der Waals surface area contributed by atoms with Gasteiger partial charge >= 0.3 is 0 Å². The van der Waals surface area contributed by atoms with Gasteiger partial charge in [-0.2, -0.15) is 5.10 Å². The number of aromatic nitrogens is 2. The van der Waals surface area contributed by atoms with E-state index in [1.807, 2.05) is 24.3 Å². The van der Waals surface area contributed by atoms with Crippen molar-refractivity contribution < 1.29 is 18.4 Å². The van der Waals surface area contributed by atoms with Crippen LogP contribution in [0.5, 0.6) is 0 Å². The summed E-state index contributed by atoms with van der Waals surface area (Å²) < 4.78 is 29.1. The van der Waals surface area contributed by atoms with E-state index in [1.165, 1.54) is 0 Å². The second-order valence-corrected chi connectivity index (χ2v) is 7.09. The van der Waals surface area contributed by atoms with E-state index in [1.54, 1.807) is 16.9 Å². The van der Waals surface area contributed by atoms with Crippen LogP contribution in [0.4, 0.5) is 14.6 Å². The zero-order chi connectivity index (χ0) is 20.8. The van der Waals surface area contributed by atoms with E-state index < -0.39 is 17.5 Å². The number of benzene rings is 2. The van der Waals surface area contributed by atoms with Crippen LogP contribution in [0.3, 0.4) is 0 Å². The van der Waals surface area contributed by atoms with Crippen LogP contribution in [-0.4, -0.2) is 28.1 Å². The predicted octanol–water partition coefficient (Wildman–Crippen LogP) is 3.73. The standard InChI is InChI=1S/C20H17BrF2N4O2/c21-14-3-1-13(2-4-14)12-27-18(7-10-25-27)26-19(28)8-9-24-20(29)16-6-5-15(22)11-17(16)23/h1-7,10-11H,8-9,12H2,(H,24,29)(H,26,28). The maximum Gasteiger partial charge on any atom is 0.254 e. The summed E-state index contributed by atoms with van der Waals surface area (Å²) in [5, 5.41) is 9.37. The van der Waals surface area contributed by atoms with Gasteiger partial charge < -0.3 is 10.6 Å². The number of halogens is 3. The van der Waals surface area contributed by atoms with Crippen molar-refractivity contribution in [3.05, 3.63) is 82.0 Å². The minimum Gasteiger partial charge on any atom is -0.351 e. The van der Waals surface area contributed by atoms with E-state index in [-0.39, 0.29) is 24.4 Å². The lowest BCUT2D eigenvalue weighted by atomic mass is 10.2. The highest BCUT2D eigenvalue weighted by atomic mass is 79.9. The molecule has 0 aliphatic heterocycles. The number of nitrogens with zero attached hydrogens (tertiary/aromatic N) is 2. The van der Waals surface area contributed by atoms with Crippen molar-refractivity contribution in [2.45, 2.75) is 13.0 Å². The number of carbonyl (C=O) groups excluding carboxylic acids is 2. The Morgan fingerprint density at radius 2 is 1.83 bits per heavy atom. The molecule has 0 unspecified atom stereocenters. The molecule has 0 saturated heterocycles. The van der Waals surface area contributed by atoms with Crippen molar-refractivity contribution in [2.24, 2.45) is 0 Å². The van der Waals surface area contributed by atoms with Gasteiger partial charge in [0, 0.05) is 29.6 Å². The van der Waals surface area contributed by atoms with E-state index >= 15 is 0 Å². The zero-order valence-corrected chi connectivity index (χ0v) is 16.7. The Morgan fingerprint density at radius 3 is 2.55 bits per heavy atom. The SMILES string of the molecule is O=C(CCNC(=O)c1ccc(F)cc1F)Nc1ccnn1Cc1ccc(Br)cc1. The second-order valence-electron chi connectivity index (χ2n) is 6.18. The summed E-state index contributed by atoms with van der Waals surface area (Å²) in [5.74, 6) is -2.24. The Bertz CT molecular complexity index is 1020. The average Bonchev–Trinajstić information content (AvgIpc) is 3.10. The fourth-order valence-corrected chi connectivity index (χ4v) is 2.86. The first-order valence-corrected chi connectivity index (χ1v) is 9.51. The van der Waals surface area contributed by atoms with Gasteiger partial charge in [0.1, 0.15) is 17.5 Å². The van der Waals surface area contributed by atoms with E-state index in [0.717, 1.165) is 22.2 Å². The Balaban J connectivity index is 1.50. The first kappa shape index (κ1) is 20.7. The fraction of sp³-hybridized carbons (Fsp3) is 0.150. The van der Waals surface area contributed by atoms with E-state index in [4.69, 9.17) is 0 Å². The molecule has 0 aliphatic carbocycles. The molecule has 9 heteroatoms. The molecule has 1 heterocycles. The molecule has 0 bridgehead atoms. The Morgan fingerprint density at radius 1 is 1.07 bits per heavy atom. The van der Waals surface area contributed by atoms with E-state index in [0.29, 0.717) is 18.4 Å². The van der Waals surface area contributed by atoms with Gasteiger partial charge in [-0.25, -0.2) is 13.5 Å². The zero-order valence-electron chi connectivity index (χ0n) is 15.2. The van der Waals surface area contributed by atoms with Gasteiger partial charge in [-0.3, -0.25) is 9.59 Å². The molecule has 29 heavy (non-hydrogen) atoms. The van der Waals surface area contributed by atoms with Crippen molar-refractivity contribution in [1.29, 1.82) is 0 Å². The van der Waals surface area contributed by atoms with Gasteiger partial charge in [-0.15, -0.1) is 0 Å². The summed E-state index contributed by atoms with van der Waals surface area (Å²) in [7, 11) is 0. The van der Waals surface area contributed by atoms with Gasteiger partial charge in [0.2, 0.25) is 5.91 Å². The lowest BCUT2D eigenvalue weighted by molar-refractivity contribution is -0.116. The number of rotatable bonds is 7. The monoisotopic (exact) mass is 462 g/mol. The van der Waals surface area contributed by atoms with Gasteiger partial charge in [-0.05, 0) is 29.8 Å². The minimum atomic E-state index is -0.955. The molecule has 0 fully saturated rings. The highest BCUT2D eigenvalue weighted by molar-refractivity contribution is 9.10. The lowest BCUT2D eigenvalue weighted by Crippen LogP contribution is -2.28. The molecule has 1 aromatic heterocycles. The summed E-state index contributed by atoms with van der Waals surface area (Å²) in [5.41, 5.74) is 0.736. The molecule has 0 aliphatic rings. The molecule has 3 aromatic rings. The quantitative estimate of drug-likeness (QED) is 0.561. The molecule has 6 nitrogen and oxygen atoms in total. The molecule has 0 atom stereocenters. The third-order valence-electron chi connectivity index (χ3n) is 4.04. The average molecular weight is 463 g/mol. The maximum absolute atomic E-state index is 13.6. The predicted molar refractivity (Wildman–Crippen MR) is 107 cm³/mol. The van der Waals surface area contributed by atoms with Crippen LogP contribution in [0.15, 0.2) is 59.2 Å². The molecule has 150 valence electrons. The number of hydrogen-bond acceptors (Lipinski definition) is 3. The molecule has 0 radical (unpaired) electrons. The molecule has 0 spiro atoms. The topological polar surface area (TPSA) is 76.0 Å². The third kappa shape index (κ3) is 5.71. The molecule has 2 aromatic carbocycles. The number of amides is 2. The van der Waals surface area contributed by atoms with Gasteiger partial charge in [0.15, 0.2) is 0 Å². The lowest BCUT2D eigenvalue weighted by Gasteiger charge is -2.10. The normalized spacial score (nSPS) is 10.6. The highest BCUT2D eigenvalue weighted by Gasteiger charge is 2.13. The number of hydrogen-bond donors (Lipinski definition) is 2. The summed E-state index contributed by atoms with van der Waals surface area (Å²) in [6.45, 7) is 0.485. The fourth-order valence-electron chi connectivity index (χ4n) is 2.59. The van der Waals surface area contributed by atoms with Crippen molar-refractivity contribution in [3.8, 4) is 0 Å². The third-order valence-corrected chi connectivity index (χ3v) is 4.57. The number of nitrogens with one attached hydrogen (secondary N) is 2. The summed E-state index contributed by atoms with van der Waals surface area (Å²) >= 11 is 3.38. The molecule has 0 saturated carbocycles. The van der Waals surface area contributed by atoms with Gasteiger partial charge in [-0.1, -0.05) is 28.1 Å². The summed E-state index contributed by atoms with van der Waals surface area (Å²) in [6.07, 6.45) is 1.56. The minimum absolute atomic E-state index is 0.00231. The van der Waals surface area contributed by atoms with Crippen molar-refractivity contribution in [3.63, 3.8) is 0 Å². The smallest absolute Gasteiger partial charge is 0.254 e. The summed E-state index contributed by atoms with van der Waals surface area (Å²) in [4.78, 5) is 24.1.